The van der Waals surface area contributed by atoms with Gasteiger partial charge in [0.15, 0.2) is 0 Å². The fraction of sp³-hybridized carbons (Fsp3) is 0.700. The van der Waals surface area contributed by atoms with Crippen molar-refractivity contribution < 1.29 is 4.74 Å². The molecule has 1 fully saturated rings. The molecule has 0 bridgehead atoms. The van der Waals surface area contributed by atoms with Crippen molar-refractivity contribution in [1.29, 1.82) is 0 Å². The van der Waals surface area contributed by atoms with Gasteiger partial charge in [-0.2, -0.15) is 5.10 Å². The summed E-state index contributed by atoms with van der Waals surface area (Å²) in [6, 6.07) is 2.10. The molecule has 2 rings (SSSR count). The third-order valence-electron chi connectivity index (χ3n) is 2.59. The van der Waals surface area contributed by atoms with Crippen LogP contribution < -0.4 is 5.43 Å². The molecular weight excluding hydrogens is 192 g/mol. The molecule has 0 aliphatic carbocycles. The summed E-state index contributed by atoms with van der Waals surface area (Å²) in [5.74, 6) is 0. The molecule has 0 unspecified atom stereocenters. The number of hydrogen-bond acceptors (Lipinski definition) is 4. The van der Waals surface area contributed by atoms with E-state index in [9.17, 15) is 0 Å². The molecule has 0 spiro atoms. The van der Waals surface area contributed by atoms with Gasteiger partial charge in [0.1, 0.15) is 0 Å². The Hall–Kier alpha value is -0.910. The van der Waals surface area contributed by atoms with E-state index in [4.69, 9.17) is 4.74 Å². The van der Waals surface area contributed by atoms with Gasteiger partial charge >= 0.3 is 0 Å². The standard InChI is InChI=1S/C10H18N4O/c1-9-7-10(13(2)12-9)8-11-14-3-5-15-6-4-14/h7,11H,3-6,8H2,1-2H3. The zero-order valence-electron chi connectivity index (χ0n) is 9.36. The highest BCUT2D eigenvalue weighted by Gasteiger charge is 2.10. The number of aryl methyl sites for hydroxylation is 2. The first-order chi connectivity index (χ1) is 7.25. The van der Waals surface area contributed by atoms with Crippen molar-refractivity contribution in [2.75, 3.05) is 26.3 Å². The lowest BCUT2D eigenvalue weighted by Gasteiger charge is -2.27. The Morgan fingerprint density at radius 1 is 1.47 bits per heavy atom. The third kappa shape index (κ3) is 2.77. The fourth-order valence-corrected chi connectivity index (χ4v) is 1.74. The van der Waals surface area contributed by atoms with Crippen LogP contribution in [0.3, 0.4) is 0 Å². The molecule has 1 saturated heterocycles. The number of morpholine rings is 1. The van der Waals surface area contributed by atoms with Crippen LogP contribution in [0.25, 0.3) is 0 Å². The van der Waals surface area contributed by atoms with Crippen molar-refractivity contribution in [3.05, 3.63) is 17.5 Å². The van der Waals surface area contributed by atoms with E-state index in [0.29, 0.717) is 0 Å². The summed E-state index contributed by atoms with van der Waals surface area (Å²) in [7, 11) is 1.98. The molecule has 1 aliphatic heterocycles. The summed E-state index contributed by atoms with van der Waals surface area (Å²) in [6.07, 6.45) is 0. The lowest BCUT2D eigenvalue weighted by atomic mass is 10.4. The molecule has 1 aliphatic rings. The average Bonchev–Trinajstić information content (AvgIpc) is 2.56. The van der Waals surface area contributed by atoms with Gasteiger partial charge < -0.3 is 4.74 Å². The number of hydrogen-bond donors (Lipinski definition) is 1. The van der Waals surface area contributed by atoms with Gasteiger partial charge in [-0.05, 0) is 13.0 Å². The predicted molar refractivity (Wildman–Crippen MR) is 57.2 cm³/mol. The molecule has 0 atom stereocenters. The Bertz CT molecular complexity index is 317. The first-order valence-corrected chi connectivity index (χ1v) is 5.31. The van der Waals surface area contributed by atoms with E-state index in [1.165, 1.54) is 5.69 Å². The van der Waals surface area contributed by atoms with Crippen LogP contribution in [0, 0.1) is 6.92 Å². The molecule has 84 valence electrons. The van der Waals surface area contributed by atoms with Crippen LogP contribution in [0.15, 0.2) is 6.07 Å². The monoisotopic (exact) mass is 210 g/mol. The minimum absolute atomic E-state index is 0.817. The Kier molecular flexibility index (Phi) is 3.35. The van der Waals surface area contributed by atoms with E-state index >= 15 is 0 Å². The van der Waals surface area contributed by atoms with Gasteiger partial charge in [0.2, 0.25) is 0 Å². The summed E-state index contributed by atoms with van der Waals surface area (Å²) < 4.78 is 7.20. The molecule has 2 heterocycles. The van der Waals surface area contributed by atoms with Crippen molar-refractivity contribution in [3.8, 4) is 0 Å². The first kappa shape index (κ1) is 10.6. The SMILES string of the molecule is Cc1cc(CNN2CCOCC2)n(C)n1. The van der Waals surface area contributed by atoms with Crippen LogP contribution in [0.1, 0.15) is 11.4 Å². The van der Waals surface area contributed by atoms with Gasteiger partial charge in [0.25, 0.3) is 0 Å². The third-order valence-corrected chi connectivity index (χ3v) is 2.59. The second kappa shape index (κ2) is 4.74. The zero-order chi connectivity index (χ0) is 10.7. The van der Waals surface area contributed by atoms with Crippen molar-refractivity contribution in [1.82, 2.24) is 20.2 Å². The summed E-state index contributed by atoms with van der Waals surface area (Å²) in [4.78, 5) is 0. The number of ether oxygens (including phenoxy) is 1. The maximum Gasteiger partial charge on any atom is 0.0608 e. The fourth-order valence-electron chi connectivity index (χ4n) is 1.74. The molecule has 1 N–H and O–H groups in total. The van der Waals surface area contributed by atoms with Crippen LogP contribution >= 0.6 is 0 Å². The lowest BCUT2D eigenvalue weighted by Crippen LogP contribution is -2.45. The number of nitrogens with zero attached hydrogens (tertiary/aromatic N) is 3. The van der Waals surface area contributed by atoms with Crippen LogP contribution in [0.2, 0.25) is 0 Å². The van der Waals surface area contributed by atoms with Crippen molar-refractivity contribution in [3.63, 3.8) is 0 Å². The van der Waals surface area contributed by atoms with Crippen LogP contribution in [-0.2, 0) is 18.3 Å². The summed E-state index contributed by atoms with van der Waals surface area (Å²) in [5.41, 5.74) is 5.66. The number of hydrazine groups is 1. The molecule has 5 nitrogen and oxygen atoms in total. The van der Waals surface area contributed by atoms with Crippen LogP contribution in [0.5, 0.6) is 0 Å². The maximum atomic E-state index is 5.28. The maximum absolute atomic E-state index is 5.28. The predicted octanol–water partition coefficient (Wildman–Crippen LogP) is 0.0653. The highest BCUT2D eigenvalue weighted by molar-refractivity contribution is 5.07. The molecular formula is C10H18N4O. The van der Waals surface area contributed by atoms with Crippen molar-refractivity contribution in [2.24, 2.45) is 7.05 Å². The minimum atomic E-state index is 0.817. The molecule has 5 heteroatoms. The topological polar surface area (TPSA) is 42.3 Å². The van der Waals surface area contributed by atoms with E-state index in [1.54, 1.807) is 0 Å². The van der Waals surface area contributed by atoms with Gasteiger partial charge in [-0.25, -0.2) is 10.4 Å². The van der Waals surface area contributed by atoms with E-state index in [-0.39, 0.29) is 0 Å². The number of nitrogens with one attached hydrogen (secondary N) is 1. The van der Waals surface area contributed by atoms with Crippen LogP contribution in [0.4, 0.5) is 0 Å². The van der Waals surface area contributed by atoms with Gasteiger partial charge in [-0.15, -0.1) is 0 Å². The average molecular weight is 210 g/mol. The van der Waals surface area contributed by atoms with Gasteiger partial charge in [-0.1, -0.05) is 0 Å². The van der Waals surface area contributed by atoms with E-state index in [1.807, 2.05) is 18.7 Å². The molecule has 0 aromatic carbocycles. The Labute approximate surface area is 90.0 Å². The Morgan fingerprint density at radius 3 is 2.80 bits per heavy atom. The smallest absolute Gasteiger partial charge is 0.0608 e. The number of aromatic nitrogens is 2. The van der Waals surface area contributed by atoms with Gasteiger partial charge in [-0.3, -0.25) is 4.68 Å². The lowest BCUT2D eigenvalue weighted by molar-refractivity contribution is 0.0102. The minimum Gasteiger partial charge on any atom is -0.379 e. The summed E-state index contributed by atoms with van der Waals surface area (Å²) in [5, 5.41) is 6.51. The van der Waals surface area contributed by atoms with Gasteiger partial charge in [0, 0.05) is 20.1 Å². The molecule has 15 heavy (non-hydrogen) atoms. The molecule has 0 saturated carbocycles. The first-order valence-electron chi connectivity index (χ1n) is 5.31. The highest BCUT2D eigenvalue weighted by atomic mass is 16.5. The summed E-state index contributed by atoms with van der Waals surface area (Å²) >= 11 is 0. The molecule has 1 aromatic rings. The van der Waals surface area contributed by atoms with Crippen LogP contribution in [-0.4, -0.2) is 41.1 Å². The largest absolute Gasteiger partial charge is 0.379 e. The number of rotatable bonds is 3. The normalized spacial score (nSPS) is 18.3. The van der Waals surface area contributed by atoms with E-state index in [0.717, 1.165) is 38.5 Å². The van der Waals surface area contributed by atoms with E-state index < -0.39 is 0 Å². The van der Waals surface area contributed by atoms with E-state index in [2.05, 4.69) is 21.6 Å². The Morgan fingerprint density at radius 2 is 2.20 bits per heavy atom. The van der Waals surface area contributed by atoms with Crippen molar-refractivity contribution >= 4 is 0 Å². The summed E-state index contributed by atoms with van der Waals surface area (Å²) in [6.45, 7) is 6.39. The van der Waals surface area contributed by atoms with Gasteiger partial charge in [0.05, 0.1) is 31.1 Å². The quantitative estimate of drug-likeness (QED) is 0.766. The second-order valence-corrected chi connectivity index (χ2v) is 3.83. The Balaban J connectivity index is 1.84. The molecule has 0 amide bonds. The molecule has 0 radical (unpaired) electrons. The second-order valence-electron chi connectivity index (χ2n) is 3.83. The zero-order valence-corrected chi connectivity index (χ0v) is 9.36. The van der Waals surface area contributed by atoms with Crippen molar-refractivity contribution in [2.45, 2.75) is 13.5 Å². The molecule has 1 aromatic heterocycles. The highest BCUT2D eigenvalue weighted by Crippen LogP contribution is 2.02.